The summed E-state index contributed by atoms with van der Waals surface area (Å²) in [5, 5.41) is 0. The molecule has 2 aliphatic rings. The van der Waals surface area contributed by atoms with E-state index in [2.05, 4.69) is 125 Å². The fraction of sp³-hybridized carbons (Fsp3) is 0.391. The van der Waals surface area contributed by atoms with Crippen LogP contribution in [0.1, 0.15) is 124 Å². The molecule has 2 unspecified atom stereocenters. The third-order valence-electron chi connectivity index (χ3n) is 10.9. The molecular weight excluding hydrogens is 672 g/mol. The quantitative estimate of drug-likeness (QED) is 0.101. The van der Waals surface area contributed by atoms with E-state index < -0.39 is 5.92 Å². The molecule has 0 nitrogen and oxygen atoms in total. The van der Waals surface area contributed by atoms with Crippen molar-refractivity contribution in [1.82, 2.24) is 0 Å². The molecule has 0 fully saturated rings. The molecule has 0 bridgehead atoms. The molecule has 0 aliphatic heterocycles. The molecule has 0 heterocycles. The molecular formula is C46H55SiZr. The Hall–Kier alpha value is -2.54. The standard InChI is InChI=1S/C46H55Si.Zr/c1-5-9-15-37-29-43-39(35-25-21-33(13-7-3)22-26-35)17-11-19-41(43)45(37)31-47-32-46-38(16-10-6-2)30-44-40(18-12-20-42(44)46)36-27-23-34(14-8-4)24-28-36;/h11-12,17-30,45-47H,5-10,13-16,31-32H2,1-4H3;. The van der Waals surface area contributed by atoms with Crippen molar-refractivity contribution in [2.75, 3.05) is 0 Å². The van der Waals surface area contributed by atoms with Gasteiger partial charge in [0.25, 0.3) is 0 Å². The monoisotopic (exact) mass is 725 g/mol. The van der Waals surface area contributed by atoms with Crippen molar-refractivity contribution in [3.63, 3.8) is 0 Å². The molecule has 0 saturated heterocycles. The van der Waals surface area contributed by atoms with Crippen molar-refractivity contribution in [2.24, 2.45) is 0 Å². The van der Waals surface area contributed by atoms with E-state index in [1.54, 1.807) is 22.3 Å². The Morgan fingerprint density at radius 2 is 0.917 bits per heavy atom. The van der Waals surface area contributed by atoms with E-state index >= 15 is 0 Å². The van der Waals surface area contributed by atoms with E-state index in [0.717, 1.165) is 12.8 Å². The molecule has 6 rings (SSSR count). The second-order valence-corrected chi connectivity index (χ2v) is 22.8. The van der Waals surface area contributed by atoms with Gasteiger partial charge in [0.1, 0.15) is 0 Å². The summed E-state index contributed by atoms with van der Waals surface area (Å²) in [5.41, 5.74) is 18.2. The van der Waals surface area contributed by atoms with E-state index in [4.69, 9.17) is 0 Å². The zero-order valence-electron chi connectivity index (χ0n) is 30.0. The number of unbranched alkanes of at least 4 members (excludes halogenated alkanes) is 2. The van der Waals surface area contributed by atoms with E-state index in [9.17, 15) is 0 Å². The number of aryl methyl sites for hydroxylation is 2. The van der Waals surface area contributed by atoms with Gasteiger partial charge < -0.3 is 0 Å². The maximum absolute atomic E-state index is 2.62. The first-order valence-corrected chi connectivity index (χ1v) is 25.6. The summed E-state index contributed by atoms with van der Waals surface area (Å²) in [7, 11) is 0. The van der Waals surface area contributed by atoms with Gasteiger partial charge in [-0.05, 0) is 0 Å². The van der Waals surface area contributed by atoms with Crippen LogP contribution in [0.5, 0.6) is 0 Å². The van der Waals surface area contributed by atoms with Crippen LogP contribution in [0, 0.1) is 0 Å². The first-order valence-electron chi connectivity index (χ1n) is 19.1. The summed E-state index contributed by atoms with van der Waals surface area (Å²) in [6, 6.07) is 36.0. The fourth-order valence-electron chi connectivity index (χ4n) is 8.33. The second kappa shape index (κ2) is 16.9. The Morgan fingerprint density at radius 1 is 0.500 bits per heavy atom. The number of hydrogen-bond donors (Lipinski definition) is 0. The van der Waals surface area contributed by atoms with Crippen LogP contribution in [0.2, 0.25) is 12.1 Å². The van der Waals surface area contributed by atoms with Crippen LogP contribution in [0.3, 0.4) is 0 Å². The van der Waals surface area contributed by atoms with Gasteiger partial charge in [-0.2, -0.15) is 0 Å². The fourth-order valence-corrected chi connectivity index (χ4v) is 14.2. The van der Waals surface area contributed by atoms with Crippen LogP contribution in [-0.2, 0) is 36.7 Å². The van der Waals surface area contributed by atoms with Gasteiger partial charge in [0.15, 0.2) is 0 Å². The van der Waals surface area contributed by atoms with Crippen molar-refractivity contribution in [2.45, 2.75) is 116 Å². The third-order valence-corrected chi connectivity index (χ3v) is 16.4. The van der Waals surface area contributed by atoms with Crippen LogP contribution in [-0.4, -0.2) is 5.92 Å². The molecule has 4 aromatic rings. The molecule has 4 aromatic carbocycles. The zero-order chi connectivity index (χ0) is 33.5. The first kappa shape index (κ1) is 35.3. The van der Waals surface area contributed by atoms with Crippen molar-refractivity contribution >= 4 is 18.1 Å². The van der Waals surface area contributed by atoms with Crippen LogP contribution < -0.4 is 0 Å². The SMILES string of the molecule is CCCCC1=Cc2c(-c3ccc(CCC)cc3)cccc2C1C[SiH]([Zr])CC1C(CCCC)=Cc2c(-c3ccc(CCC)cc3)cccc21. The van der Waals surface area contributed by atoms with E-state index in [0.29, 0.717) is 11.8 Å². The second-order valence-electron chi connectivity index (χ2n) is 14.4. The molecule has 0 amide bonds. The van der Waals surface area contributed by atoms with Crippen LogP contribution in [0.25, 0.3) is 34.4 Å². The summed E-state index contributed by atoms with van der Waals surface area (Å²) in [4.78, 5) is 0. The molecule has 0 spiro atoms. The molecule has 0 N–H and O–H groups in total. The Morgan fingerprint density at radius 3 is 1.29 bits per heavy atom. The van der Waals surface area contributed by atoms with Crippen molar-refractivity contribution in [3.8, 4) is 22.3 Å². The molecule has 0 radical (unpaired) electrons. The Bertz CT molecular complexity index is 1600. The summed E-state index contributed by atoms with van der Waals surface area (Å²) in [5.74, 6) is 0.249. The molecule has 0 aromatic heterocycles. The van der Waals surface area contributed by atoms with E-state index in [1.165, 1.54) is 108 Å². The number of hydrogen-bond acceptors (Lipinski definition) is 0. The Labute approximate surface area is 307 Å². The van der Waals surface area contributed by atoms with Gasteiger partial charge in [-0.3, -0.25) is 0 Å². The number of benzene rings is 4. The first-order chi connectivity index (χ1) is 23.5. The Balaban J connectivity index is 1.27. The normalized spacial score (nSPS) is 17.1. The van der Waals surface area contributed by atoms with Gasteiger partial charge in [-0.25, -0.2) is 0 Å². The predicted octanol–water partition coefficient (Wildman–Crippen LogP) is 13.2. The van der Waals surface area contributed by atoms with Gasteiger partial charge >= 0.3 is 296 Å². The summed E-state index contributed by atoms with van der Waals surface area (Å²) < 4.78 is 0. The van der Waals surface area contributed by atoms with E-state index in [1.807, 2.05) is 23.9 Å². The Kier molecular flexibility index (Phi) is 12.4. The molecule has 2 atom stereocenters. The molecule has 48 heavy (non-hydrogen) atoms. The molecule has 2 aliphatic carbocycles. The summed E-state index contributed by atoms with van der Waals surface area (Å²) >= 11 is 1.83. The maximum atomic E-state index is 2.62. The third kappa shape index (κ3) is 7.92. The van der Waals surface area contributed by atoms with Gasteiger partial charge in [-0.1, -0.05) is 13.8 Å². The van der Waals surface area contributed by atoms with Gasteiger partial charge in [0, 0.05) is 0 Å². The van der Waals surface area contributed by atoms with Crippen molar-refractivity contribution in [1.29, 1.82) is 0 Å². The van der Waals surface area contributed by atoms with Crippen LogP contribution >= 0.6 is 0 Å². The predicted molar refractivity (Wildman–Crippen MR) is 209 cm³/mol. The molecule has 247 valence electrons. The van der Waals surface area contributed by atoms with Crippen molar-refractivity contribution < 1.29 is 23.9 Å². The summed E-state index contributed by atoms with van der Waals surface area (Å²) in [6.07, 6.45) is 17.6. The number of allylic oxidation sites excluding steroid dienone is 2. The minimum absolute atomic E-state index is 0.610. The van der Waals surface area contributed by atoms with Gasteiger partial charge in [0.05, 0.1) is 0 Å². The number of rotatable bonds is 16. The van der Waals surface area contributed by atoms with Gasteiger partial charge in [0.2, 0.25) is 0 Å². The summed E-state index contributed by atoms with van der Waals surface area (Å²) in [6.45, 7) is 9.23. The average molecular weight is 727 g/mol. The molecule has 2 heteroatoms. The van der Waals surface area contributed by atoms with Gasteiger partial charge in [-0.15, -0.1) is 0 Å². The number of fused-ring (bicyclic) bond motifs is 2. The average Bonchev–Trinajstić information content (AvgIpc) is 3.64. The molecule has 0 saturated carbocycles. The van der Waals surface area contributed by atoms with Crippen LogP contribution in [0.4, 0.5) is 0 Å². The van der Waals surface area contributed by atoms with E-state index in [-0.39, 0.29) is 0 Å². The zero-order valence-corrected chi connectivity index (χ0v) is 33.6. The topological polar surface area (TPSA) is 0 Å². The van der Waals surface area contributed by atoms with Crippen LogP contribution in [0.15, 0.2) is 96.1 Å². The minimum atomic E-state index is -0.971. The van der Waals surface area contributed by atoms with Crippen molar-refractivity contribution in [3.05, 3.63) is 129 Å².